The highest BCUT2D eigenvalue weighted by atomic mass is 16.6. The highest BCUT2D eigenvalue weighted by molar-refractivity contribution is 6.03. The average molecular weight is 590 g/mol. The molecule has 242 valence electrons. The number of ether oxygens (including phenoxy) is 4. The maximum absolute atomic E-state index is 11.9. The second kappa shape index (κ2) is 34.0. The molecular formula is C29H59N5O7. The molecule has 1 aromatic rings. The molecule has 0 aliphatic carbocycles. The first-order chi connectivity index (χ1) is 20.0. The fourth-order valence-corrected chi connectivity index (χ4v) is 3.00. The Bertz CT molecular complexity index is 717. The number of aromatic nitrogens is 3. The molecule has 1 atom stereocenters. The second-order valence-corrected chi connectivity index (χ2v) is 7.90. The summed E-state index contributed by atoms with van der Waals surface area (Å²) in [4.78, 5) is 35.1. The lowest BCUT2D eigenvalue weighted by molar-refractivity contribution is -0.140. The first kappa shape index (κ1) is 43.2. The van der Waals surface area contributed by atoms with Gasteiger partial charge in [0.2, 0.25) is 11.8 Å². The first-order valence-corrected chi connectivity index (χ1v) is 15.2. The lowest BCUT2D eigenvalue weighted by Crippen LogP contribution is -2.29. The van der Waals surface area contributed by atoms with E-state index >= 15 is 0 Å². The summed E-state index contributed by atoms with van der Waals surface area (Å²) in [5.74, 6) is -0.590. The smallest absolute Gasteiger partial charge is 0.232 e. The van der Waals surface area contributed by atoms with E-state index in [1.54, 1.807) is 17.8 Å². The molecule has 41 heavy (non-hydrogen) atoms. The van der Waals surface area contributed by atoms with Crippen LogP contribution in [-0.4, -0.2) is 104 Å². The number of amides is 2. The van der Waals surface area contributed by atoms with E-state index in [1.165, 1.54) is 11.3 Å². The van der Waals surface area contributed by atoms with Crippen molar-refractivity contribution >= 4 is 18.1 Å². The van der Waals surface area contributed by atoms with Gasteiger partial charge in [-0.25, -0.2) is 4.68 Å². The van der Waals surface area contributed by atoms with Crippen molar-refractivity contribution in [1.82, 2.24) is 25.2 Å². The molecule has 1 aromatic heterocycles. The van der Waals surface area contributed by atoms with E-state index in [0.717, 1.165) is 12.8 Å². The van der Waals surface area contributed by atoms with Crippen LogP contribution in [0.1, 0.15) is 80.3 Å². The van der Waals surface area contributed by atoms with Crippen LogP contribution in [0.2, 0.25) is 0 Å². The Labute approximate surface area is 248 Å². The van der Waals surface area contributed by atoms with E-state index in [1.807, 2.05) is 48.6 Å². The molecule has 1 saturated heterocycles. The number of nitrogens with zero attached hydrogens (tertiary/aromatic N) is 4. The maximum atomic E-state index is 11.9. The maximum Gasteiger partial charge on any atom is 0.232 e. The fraction of sp³-hybridized carbons (Fsp3) is 0.828. The van der Waals surface area contributed by atoms with E-state index in [4.69, 9.17) is 18.9 Å². The van der Waals surface area contributed by atoms with Gasteiger partial charge in [-0.2, -0.15) is 0 Å². The SMILES string of the molecule is CC.CC.CC.CC1CC(=O)N(Cc2cn(CCOCCOCCOCCOCCC=O)nn2)C1=O.CCCNC. The Balaban J connectivity index is -0.00000114. The molecule has 1 unspecified atom stereocenters. The number of hydrogen-bond acceptors (Lipinski definition) is 10. The molecule has 1 aliphatic heterocycles. The summed E-state index contributed by atoms with van der Waals surface area (Å²) in [5, 5.41) is 11.0. The third-order valence-corrected chi connectivity index (χ3v) is 4.84. The molecule has 0 spiro atoms. The number of rotatable bonds is 19. The van der Waals surface area contributed by atoms with Crippen LogP contribution in [0.15, 0.2) is 6.20 Å². The van der Waals surface area contributed by atoms with E-state index in [-0.39, 0.29) is 30.7 Å². The van der Waals surface area contributed by atoms with Crippen molar-refractivity contribution < 1.29 is 33.3 Å². The lowest BCUT2D eigenvalue weighted by Gasteiger charge is -2.11. The minimum absolute atomic E-state index is 0.156. The normalized spacial score (nSPS) is 13.6. The molecule has 0 aromatic carbocycles. The van der Waals surface area contributed by atoms with Gasteiger partial charge in [-0.1, -0.05) is 60.6 Å². The van der Waals surface area contributed by atoms with Gasteiger partial charge in [-0.3, -0.25) is 14.5 Å². The number of aldehydes is 1. The molecular weight excluding hydrogens is 530 g/mol. The standard InChI is InChI=1S/C19H30N4O7.C4H11N.3C2H6/c1-16-13-18(25)23(19(16)26)15-17-14-22(21-20-17)3-6-28-8-10-30-12-11-29-9-7-27-5-2-4-24;1-3-4-5-2;3*1-2/h4,14,16H,2-3,5-13,15H2,1H3;5H,3-4H2,1-2H3;3*1-2H3. The monoisotopic (exact) mass is 589 g/mol. The van der Waals surface area contributed by atoms with Crippen molar-refractivity contribution in [2.45, 2.75) is 87.7 Å². The van der Waals surface area contributed by atoms with Crippen molar-refractivity contribution in [3.8, 4) is 0 Å². The van der Waals surface area contributed by atoms with Crippen LogP contribution in [0.4, 0.5) is 0 Å². The predicted molar refractivity (Wildman–Crippen MR) is 162 cm³/mol. The Hall–Kier alpha value is -2.25. The van der Waals surface area contributed by atoms with Crippen LogP contribution in [-0.2, 0) is 46.4 Å². The predicted octanol–water partition coefficient (Wildman–Crippen LogP) is 3.52. The highest BCUT2D eigenvalue weighted by Crippen LogP contribution is 2.20. The van der Waals surface area contributed by atoms with Crippen molar-refractivity contribution in [2.75, 3.05) is 66.4 Å². The number of likely N-dealkylation sites (tertiary alicyclic amines) is 1. The lowest BCUT2D eigenvalue weighted by atomic mass is 10.1. The summed E-state index contributed by atoms with van der Waals surface area (Å²) in [6.07, 6.45) is 4.43. The van der Waals surface area contributed by atoms with Crippen LogP contribution in [0.3, 0.4) is 0 Å². The molecule has 12 heteroatoms. The summed E-state index contributed by atoms with van der Waals surface area (Å²) in [5.41, 5.74) is 0.572. The number of carbonyl (C=O) groups excluding carboxylic acids is 3. The van der Waals surface area contributed by atoms with Gasteiger partial charge >= 0.3 is 0 Å². The number of nitrogens with one attached hydrogen (secondary N) is 1. The Morgan fingerprint density at radius 1 is 0.902 bits per heavy atom. The van der Waals surface area contributed by atoms with E-state index in [9.17, 15) is 14.4 Å². The van der Waals surface area contributed by atoms with Crippen LogP contribution >= 0.6 is 0 Å². The average Bonchev–Trinajstić information content (AvgIpc) is 3.56. The Kier molecular flexibility index (Phi) is 35.8. The number of imide groups is 1. The summed E-state index contributed by atoms with van der Waals surface area (Å²) < 4.78 is 23.0. The largest absolute Gasteiger partial charge is 0.379 e. The zero-order chi connectivity index (χ0) is 31.7. The van der Waals surface area contributed by atoms with Crippen LogP contribution < -0.4 is 5.32 Å². The zero-order valence-corrected chi connectivity index (χ0v) is 27.3. The molecule has 0 bridgehead atoms. The Morgan fingerprint density at radius 2 is 1.41 bits per heavy atom. The molecule has 2 amide bonds. The topological polar surface area (TPSA) is 134 Å². The van der Waals surface area contributed by atoms with Crippen LogP contribution in [0.5, 0.6) is 0 Å². The first-order valence-electron chi connectivity index (χ1n) is 15.2. The van der Waals surface area contributed by atoms with Gasteiger partial charge in [0.25, 0.3) is 0 Å². The third kappa shape index (κ3) is 24.1. The number of carbonyl (C=O) groups is 3. The van der Waals surface area contributed by atoms with Crippen molar-refractivity contribution in [1.29, 1.82) is 0 Å². The second-order valence-electron chi connectivity index (χ2n) is 7.90. The fourth-order valence-electron chi connectivity index (χ4n) is 3.00. The molecule has 1 N–H and O–H groups in total. The highest BCUT2D eigenvalue weighted by Gasteiger charge is 2.35. The summed E-state index contributed by atoms with van der Waals surface area (Å²) in [6, 6.07) is 0. The Morgan fingerprint density at radius 3 is 1.83 bits per heavy atom. The zero-order valence-electron chi connectivity index (χ0n) is 27.3. The van der Waals surface area contributed by atoms with Crippen molar-refractivity contribution in [3.05, 3.63) is 11.9 Å². The van der Waals surface area contributed by atoms with Gasteiger partial charge < -0.3 is 29.1 Å². The molecule has 1 aliphatic rings. The van der Waals surface area contributed by atoms with E-state index in [0.29, 0.717) is 71.5 Å². The number of hydrogen-bond donors (Lipinski definition) is 1. The van der Waals surface area contributed by atoms with Gasteiger partial charge in [0.15, 0.2) is 0 Å². The van der Waals surface area contributed by atoms with E-state index < -0.39 is 0 Å². The molecule has 2 rings (SSSR count). The molecule has 12 nitrogen and oxygen atoms in total. The van der Waals surface area contributed by atoms with Gasteiger partial charge in [-0.15, -0.1) is 5.10 Å². The van der Waals surface area contributed by atoms with Gasteiger partial charge in [-0.05, 0) is 20.0 Å². The summed E-state index contributed by atoms with van der Waals surface area (Å²) in [7, 11) is 1.96. The molecule has 2 heterocycles. The van der Waals surface area contributed by atoms with Gasteiger partial charge in [0, 0.05) is 18.8 Å². The van der Waals surface area contributed by atoms with Crippen LogP contribution in [0, 0.1) is 5.92 Å². The summed E-state index contributed by atoms with van der Waals surface area (Å²) >= 11 is 0. The third-order valence-electron chi connectivity index (χ3n) is 4.84. The molecule has 1 fully saturated rings. The summed E-state index contributed by atoms with van der Waals surface area (Å²) in [6.45, 7) is 21.4. The van der Waals surface area contributed by atoms with Gasteiger partial charge in [0.1, 0.15) is 12.0 Å². The molecule has 0 saturated carbocycles. The van der Waals surface area contributed by atoms with E-state index in [2.05, 4.69) is 22.6 Å². The van der Waals surface area contributed by atoms with Crippen LogP contribution in [0.25, 0.3) is 0 Å². The van der Waals surface area contributed by atoms with Gasteiger partial charge in [0.05, 0.1) is 72.1 Å². The minimum atomic E-state index is -0.261. The van der Waals surface area contributed by atoms with Crippen molar-refractivity contribution in [3.63, 3.8) is 0 Å². The molecule has 0 radical (unpaired) electrons. The quantitative estimate of drug-likeness (QED) is 0.145. The minimum Gasteiger partial charge on any atom is -0.379 e. The van der Waals surface area contributed by atoms with Crippen molar-refractivity contribution in [2.24, 2.45) is 5.92 Å².